The van der Waals surface area contributed by atoms with E-state index < -0.39 is 0 Å². The first-order valence-corrected chi connectivity index (χ1v) is 9.05. The molecule has 1 fully saturated rings. The summed E-state index contributed by atoms with van der Waals surface area (Å²) < 4.78 is 5.48. The third-order valence-electron chi connectivity index (χ3n) is 4.22. The normalized spacial score (nSPS) is 15.5. The Morgan fingerprint density at radius 2 is 1.96 bits per heavy atom. The van der Waals surface area contributed by atoms with Crippen LogP contribution in [0.4, 0.5) is 5.69 Å². The van der Waals surface area contributed by atoms with Crippen molar-refractivity contribution in [1.82, 2.24) is 10.2 Å². The van der Waals surface area contributed by atoms with Gasteiger partial charge in [-0.15, -0.1) is 11.3 Å². The van der Waals surface area contributed by atoms with Crippen molar-refractivity contribution in [3.63, 3.8) is 0 Å². The molecule has 1 aliphatic rings. The molecular formula is C18H24N4OS. The maximum absolute atomic E-state index is 5.48. The van der Waals surface area contributed by atoms with E-state index >= 15 is 0 Å². The van der Waals surface area contributed by atoms with Gasteiger partial charge in [-0.05, 0) is 23.6 Å². The molecule has 2 aromatic rings. The van der Waals surface area contributed by atoms with Gasteiger partial charge in [0.15, 0.2) is 5.96 Å². The molecular weight excluding hydrogens is 320 g/mol. The van der Waals surface area contributed by atoms with Crippen molar-refractivity contribution >= 4 is 23.0 Å². The van der Waals surface area contributed by atoms with Gasteiger partial charge in [-0.3, -0.25) is 4.99 Å². The highest BCUT2D eigenvalue weighted by Gasteiger charge is 2.21. The fraction of sp³-hybridized carbons (Fsp3) is 0.389. The zero-order chi connectivity index (χ0) is 16.8. The number of nitrogens with one attached hydrogen (secondary N) is 1. The van der Waals surface area contributed by atoms with E-state index in [-0.39, 0.29) is 0 Å². The van der Waals surface area contributed by atoms with E-state index in [1.807, 2.05) is 19.2 Å². The van der Waals surface area contributed by atoms with Gasteiger partial charge in [0.2, 0.25) is 0 Å². The van der Waals surface area contributed by atoms with Crippen molar-refractivity contribution in [3.05, 3.63) is 46.7 Å². The predicted molar refractivity (Wildman–Crippen MR) is 101 cm³/mol. The average molecular weight is 344 g/mol. The van der Waals surface area contributed by atoms with Gasteiger partial charge >= 0.3 is 0 Å². The van der Waals surface area contributed by atoms with Gasteiger partial charge in [-0.25, -0.2) is 0 Å². The Morgan fingerprint density at radius 1 is 1.17 bits per heavy atom. The van der Waals surface area contributed by atoms with Gasteiger partial charge < -0.3 is 19.9 Å². The van der Waals surface area contributed by atoms with E-state index in [1.54, 1.807) is 18.4 Å². The van der Waals surface area contributed by atoms with Crippen LogP contribution in [0.1, 0.15) is 4.88 Å². The van der Waals surface area contributed by atoms with E-state index in [9.17, 15) is 0 Å². The number of para-hydroxylation sites is 2. The van der Waals surface area contributed by atoms with Crippen molar-refractivity contribution in [2.24, 2.45) is 4.99 Å². The molecule has 0 bridgehead atoms. The number of piperazine rings is 1. The SMILES string of the molecule is CN=C(NCc1cccs1)N1CCN(c2ccccc2OC)CC1. The molecule has 1 saturated heterocycles. The molecule has 2 heterocycles. The van der Waals surface area contributed by atoms with Crippen LogP contribution in [0.2, 0.25) is 0 Å². The van der Waals surface area contributed by atoms with Gasteiger partial charge in [-0.1, -0.05) is 18.2 Å². The van der Waals surface area contributed by atoms with Gasteiger partial charge in [0.1, 0.15) is 5.75 Å². The molecule has 0 saturated carbocycles. The van der Waals surface area contributed by atoms with Crippen LogP contribution in [0.25, 0.3) is 0 Å². The number of nitrogens with zero attached hydrogens (tertiary/aromatic N) is 3. The first kappa shape index (κ1) is 16.6. The summed E-state index contributed by atoms with van der Waals surface area (Å²) in [5.74, 6) is 1.91. The number of aliphatic imine (C=N–C) groups is 1. The van der Waals surface area contributed by atoms with Crippen molar-refractivity contribution in [3.8, 4) is 5.75 Å². The summed E-state index contributed by atoms with van der Waals surface area (Å²) in [5.41, 5.74) is 1.17. The fourth-order valence-electron chi connectivity index (χ4n) is 2.96. The zero-order valence-electron chi connectivity index (χ0n) is 14.2. The summed E-state index contributed by atoms with van der Waals surface area (Å²) in [6.45, 7) is 4.64. The van der Waals surface area contributed by atoms with Crippen LogP contribution in [0.5, 0.6) is 5.75 Å². The summed E-state index contributed by atoms with van der Waals surface area (Å²) in [4.78, 5) is 10.5. The largest absolute Gasteiger partial charge is 0.495 e. The number of thiophene rings is 1. The summed E-state index contributed by atoms with van der Waals surface area (Å²) in [6.07, 6.45) is 0. The maximum atomic E-state index is 5.48. The third-order valence-corrected chi connectivity index (χ3v) is 5.09. The number of anilines is 1. The van der Waals surface area contributed by atoms with Crippen LogP contribution >= 0.6 is 11.3 Å². The summed E-state index contributed by atoms with van der Waals surface area (Å²) in [5, 5.41) is 5.56. The van der Waals surface area contributed by atoms with Crippen LogP contribution < -0.4 is 15.0 Å². The van der Waals surface area contributed by atoms with Crippen molar-refractivity contribution in [2.75, 3.05) is 45.2 Å². The molecule has 3 rings (SSSR count). The maximum Gasteiger partial charge on any atom is 0.194 e. The summed E-state index contributed by atoms with van der Waals surface area (Å²) in [7, 11) is 3.58. The molecule has 24 heavy (non-hydrogen) atoms. The smallest absolute Gasteiger partial charge is 0.194 e. The van der Waals surface area contributed by atoms with Crippen molar-refractivity contribution in [2.45, 2.75) is 6.54 Å². The van der Waals surface area contributed by atoms with E-state index in [1.165, 1.54) is 10.6 Å². The highest BCUT2D eigenvalue weighted by Crippen LogP contribution is 2.28. The van der Waals surface area contributed by atoms with Crippen molar-refractivity contribution in [1.29, 1.82) is 0 Å². The number of methoxy groups -OCH3 is 1. The molecule has 0 radical (unpaired) electrons. The van der Waals surface area contributed by atoms with Gasteiger partial charge in [0.05, 0.1) is 19.3 Å². The summed E-state index contributed by atoms with van der Waals surface area (Å²) >= 11 is 1.77. The number of ether oxygens (including phenoxy) is 1. The Balaban J connectivity index is 1.57. The number of hydrogen-bond donors (Lipinski definition) is 1. The number of benzene rings is 1. The van der Waals surface area contributed by atoms with E-state index in [4.69, 9.17) is 4.74 Å². The van der Waals surface area contributed by atoms with E-state index in [0.29, 0.717) is 0 Å². The average Bonchev–Trinajstić information content (AvgIpc) is 3.16. The third kappa shape index (κ3) is 3.82. The minimum Gasteiger partial charge on any atom is -0.495 e. The van der Waals surface area contributed by atoms with Gasteiger partial charge in [-0.2, -0.15) is 0 Å². The highest BCUT2D eigenvalue weighted by atomic mass is 32.1. The lowest BCUT2D eigenvalue weighted by Crippen LogP contribution is -2.52. The molecule has 1 aliphatic heterocycles. The number of hydrogen-bond acceptors (Lipinski definition) is 4. The highest BCUT2D eigenvalue weighted by molar-refractivity contribution is 7.09. The van der Waals surface area contributed by atoms with E-state index in [2.05, 4.69) is 49.8 Å². The second-order valence-corrected chi connectivity index (χ2v) is 6.66. The Hall–Kier alpha value is -2.21. The predicted octanol–water partition coefficient (Wildman–Crippen LogP) is 2.65. The molecule has 5 nitrogen and oxygen atoms in total. The minimum atomic E-state index is 0.830. The molecule has 0 unspecified atom stereocenters. The molecule has 0 aliphatic carbocycles. The van der Waals surface area contributed by atoms with Crippen LogP contribution in [-0.4, -0.2) is 51.2 Å². The Morgan fingerprint density at radius 3 is 2.62 bits per heavy atom. The van der Waals surface area contributed by atoms with Crippen LogP contribution in [0.15, 0.2) is 46.8 Å². The fourth-order valence-corrected chi connectivity index (χ4v) is 3.61. The second kappa shape index (κ2) is 8.06. The standard InChI is InChI=1S/C18H24N4OS/c1-19-18(20-14-15-6-5-13-24-15)22-11-9-21(10-12-22)16-7-3-4-8-17(16)23-2/h3-8,13H,9-12,14H2,1-2H3,(H,19,20). The molecule has 0 atom stereocenters. The zero-order valence-corrected chi connectivity index (χ0v) is 15.1. The van der Waals surface area contributed by atoms with Crippen LogP contribution in [0, 0.1) is 0 Å². The number of guanidine groups is 1. The molecule has 0 spiro atoms. The molecule has 1 aromatic carbocycles. The second-order valence-electron chi connectivity index (χ2n) is 5.63. The Bertz CT molecular complexity index is 663. The van der Waals surface area contributed by atoms with Crippen molar-refractivity contribution < 1.29 is 4.74 Å². The summed E-state index contributed by atoms with van der Waals surface area (Å²) in [6, 6.07) is 12.4. The molecule has 1 aromatic heterocycles. The lowest BCUT2D eigenvalue weighted by Gasteiger charge is -2.38. The molecule has 0 amide bonds. The minimum absolute atomic E-state index is 0.830. The molecule has 6 heteroatoms. The first-order chi connectivity index (χ1) is 11.8. The Labute approximate surface area is 147 Å². The topological polar surface area (TPSA) is 40.1 Å². The van der Waals surface area contributed by atoms with Crippen LogP contribution in [-0.2, 0) is 6.54 Å². The van der Waals surface area contributed by atoms with Gasteiger partial charge in [0, 0.05) is 38.1 Å². The Kier molecular flexibility index (Phi) is 5.59. The lowest BCUT2D eigenvalue weighted by atomic mass is 10.2. The number of rotatable bonds is 4. The molecule has 1 N–H and O–H groups in total. The van der Waals surface area contributed by atoms with Gasteiger partial charge in [0.25, 0.3) is 0 Å². The van der Waals surface area contributed by atoms with E-state index in [0.717, 1.165) is 44.4 Å². The quantitative estimate of drug-likeness (QED) is 0.684. The first-order valence-electron chi connectivity index (χ1n) is 8.17. The van der Waals surface area contributed by atoms with Crippen LogP contribution in [0.3, 0.4) is 0 Å². The monoisotopic (exact) mass is 344 g/mol. The molecule has 128 valence electrons. The lowest BCUT2D eigenvalue weighted by molar-refractivity contribution is 0.367.